The molecule has 0 aliphatic heterocycles. The predicted molar refractivity (Wildman–Crippen MR) is 111 cm³/mol. The fourth-order valence-electron chi connectivity index (χ4n) is 2.58. The van der Waals surface area contributed by atoms with Crippen molar-refractivity contribution in [1.29, 1.82) is 0 Å². The van der Waals surface area contributed by atoms with E-state index in [-0.39, 0.29) is 5.82 Å². The molecule has 0 unspecified atom stereocenters. The van der Waals surface area contributed by atoms with Gasteiger partial charge in [0, 0.05) is 49.7 Å². The molecule has 0 aliphatic rings. The molecule has 0 saturated carbocycles. The lowest BCUT2D eigenvalue weighted by molar-refractivity contribution is 0.457. The zero-order chi connectivity index (χ0) is 20.3. The van der Waals surface area contributed by atoms with Crippen LogP contribution in [0.1, 0.15) is 18.2 Å². The van der Waals surface area contributed by atoms with Crippen LogP contribution in [-0.4, -0.2) is 29.0 Å². The number of nitrogens with zero attached hydrogens (tertiary/aromatic N) is 3. The van der Waals surface area contributed by atoms with Crippen LogP contribution in [0.25, 0.3) is 0 Å². The van der Waals surface area contributed by atoms with Gasteiger partial charge in [0.2, 0.25) is 5.88 Å². The van der Waals surface area contributed by atoms with E-state index >= 15 is 0 Å². The van der Waals surface area contributed by atoms with Gasteiger partial charge in [0.15, 0.2) is 5.96 Å². The molecule has 1 aromatic carbocycles. The Labute approximate surface area is 169 Å². The third-order valence-electron chi connectivity index (χ3n) is 3.98. The monoisotopic (exact) mass is 393 g/mol. The number of aliphatic imine (C=N–C) groups is 1. The molecule has 150 valence electrons. The summed E-state index contributed by atoms with van der Waals surface area (Å²) in [5.74, 6) is 1.21. The zero-order valence-corrected chi connectivity index (χ0v) is 16.3. The van der Waals surface area contributed by atoms with Gasteiger partial charge in [-0.1, -0.05) is 18.2 Å². The second-order valence-electron chi connectivity index (χ2n) is 6.26. The number of halogens is 1. The summed E-state index contributed by atoms with van der Waals surface area (Å²) in [4.78, 5) is 13.2. The summed E-state index contributed by atoms with van der Waals surface area (Å²) in [5.41, 5.74) is 1.98. The van der Waals surface area contributed by atoms with Gasteiger partial charge >= 0.3 is 0 Å². The Kier molecular flexibility index (Phi) is 7.51. The van der Waals surface area contributed by atoms with Crippen molar-refractivity contribution in [2.45, 2.75) is 19.9 Å². The van der Waals surface area contributed by atoms with Crippen molar-refractivity contribution in [3.05, 3.63) is 84.1 Å². The van der Waals surface area contributed by atoms with Crippen LogP contribution in [0.2, 0.25) is 0 Å². The van der Waals surface area contributed by atoms with Gasteiger partial charge in [0.25, 0.3) is 0 Å². The molecule has 2 N–H and O–H groups in total. The predicted octanol–water partition coefficient (Wildman–Crippen LogP) is 3.71. The van der Waals surface area contributed by atoms with E-state index in [1.807, 2.05) is 31.2 Å². The Bertz CT molecular complexity index is 916. The maximum atomic E-state index is 13.2. The molecule has 0 spiro atoms. The molecule has 0 atom stereocenters. The highest BCUT2D eigenvalue weighted by molar-refractivity contribution is 5.79. The molecule has 29 heavy (non-hydrogen) atoms. The molecular weight excluding hydrogens is 369 g/mol. The van der Waals surface area contributed by atoms with Crippen LogP contribution in [0.3, 0.4) is 0 Å². The number of hydrogen-bond acceptors (Lipinski definition) is 4. The Morgan fingerprint density at radius 1 is 1.07 bits per heavy atom. The molecule has 2 aromatic heterocycles. The molecule has 2 heterocycles. The lowest BCUT2D eigenvalue weighted by Gasteiger charge is -2.11. The number of hydrogen-bond donors (Lipinski definition) is 2. The molecule has 0 amide bonds. The molecule has 3 rings (SSSR count). The zero-order valence-electron chi connectivity index (χ0n) is 16.3. The van der Waals surface area contributed by atoms with Crippen LogP contribution in [0.15, 0.2) is 72.0 Å². The average molecular weight is 393 g/mol. The Morgan fingerprint density at radius 2 is 2.00 bits per heavy atom. The minimum Gasteiger partial charge on any atom is -0.439 e. The van der Waals surface area contributed by atoms with Gasteiger partial charge < -0.3 is 15.4 Å². The second kappa shape index (κ2) is 10.8. The van der Waals surface area contributed by atoms with E-state index in [9.17, 15) is 4.39 Å². The van der Waals surface area contributed by atoms with Crippen LogP contribution in [0.5, 0.6) is 11.6 Å². The standard InChI is InChI=1S/C22H24FN5O/c1-2-24-22(26-13-11-19-7-3-4-12-25-19)28-16-17-9-10-21(27-15-17)29-20-8-5-6-18(23)14-20/h3-10,12,14-15H,2,11,13,16H2,1H3,(H2,24,26,28). The number of ether oxygens (including phenoxy) is 1. The summed E-state index contributed by atoms with van der Waals surface area (Å²) in [5, 5.41) is 6.53. The first-order valence-corrected chi connectivity index (χ1v) is 9.53. The number of pyridine rings is 2. The van der Waals surface area contributed by atoms with Gasteiger partial charge in [-0.05, 0) is 36.8 Å². The largest absolute Gasteiger partial charge is 0.439 e. The third-order valence-corrected chi connectivity index (χ3v) is 3.98. The Morgan fingerprint density at radius 3 is 2.72 bits per heavy atom. The summed E-state index contributed by atoms with van der Waals surface area (Å²) in [6.45, 7) is 4.01. The van der Waals surface area contributed by atoms with Crippen molar-refractivity contribution in [2.75, 3.05) is 13.1 Å². The van der Waals surface area contributed by atoms with Crippen molar-refractivity contribution in [3.8, 4) is 11.6 Å². The van der Waals surface area contributed by atoms with E-state index in [2.05, 4.69) is 25.6 Å². The normalized spacial score (nSPS) is 11.2. The summed E-state index contributed by atoms with van der Waals surface area (Å²) < 4.78 is 18.8. The van der Waals surface area contributed by atoms with Gasteiger partial charge in [-0.15, -0.1) is 0 Å². The summed E-state index contributed by atoms with van der Waals surface area (Å²) >= 11 is 0. The highest BCUT2D eigenvalue weighted by Gasteiger charge is 2.02. The summed E-state index contributed by atoms with van der Waals surface area (Å²) in [7, 11) is 0. The van der Waals surface area contributed by atoms with Crippen molar-refractivity contribution < 1.29 is 9.13 Å². The summed E-state index contributed by atoms with van der Waals surface area (Å²) in [6, 6.07) is 15.5. The van der Waals surface area contributed by atoms with Crippen LogP contribution >= 0.6 is 0 Å². The molecule has 0 saturated heterocycles. The highest BCUT2D eigenvalue weighted by atomic mass is 19.1. The van der Waals surface area contributed by atoms with Crippen LogP contribution in [0, 0.1) is 5.82 Å². The van der Waals surface area contributed by atoms with Crippen molar-refractivity contribution >= 4 is 5.96 Å². The van der Waals surface area contributed by atoms with E-state index < -0.39 is 0 Å². The van der Waals surface area contributed by atoms with Gasteiger partial charge in [0.1, 0.15) is 11.6 Å². The van der Waals surface area contributed by atoms with Crippen LogP contribution < -0.4 is 15.4 Å². The lowest BCUT2D eigenvalue weighted by atomic mass is 10.3. The van der Waals surface area contributed by atoms with Crippen LogP contribution in [-0.2, 0) is 13.0 Å². The van der Waals surface area contributed by atoms with Crippen molar-refractivity contribution in [3.63, 3.8) is 0 Å². The average Bonchev–Trinajstić information content (AvgIpc) is 2.74. The Balaban J connectivity index is 1.53. The van der Waals surface area contributed by atoms with Gasteiger partial charge in [-0.25, -0.2) is 14.4 Å². The molecule has 6 nitrogen and oxygen atoms in total. The Hall–Kier alpha value is -3.48. The van der Waals surface area contributed by atoms with Crippen LogP contribution in [0.4, 0.5) is 4.39 Å². The molecule has 0 bridgehead atoms. The molecular formula is C22H24FN5O. The van der Waals surface area contributed by atoms with E-state index in [0.717, 1.165) is 36.7 Å². The van der Waals surface area contributed by atoms with Crippen molar-refractivity contribution in [2.24, 2.45) is 4.99 Å². The molecule has 0 fully saturated rings. The van der Waals surface area contributed by atoms with Crippen molar-refractivity contribution in [1.82, 2.24) is 20.6 Å². The molecule has 7 heteroatoms. The minimum absolute atomic E-state index is 0.347. The quantitative estimate of drug-likeness (QED) is 0.451. The maximum Gasteiger partial charge on any atom is 0.219 e. The first-order valence-electron chi connectivity index (χ1n) is 9.53. The third kappa shape index (κ3) is 6.88. The molecule has 0 aliphatic carbocycles. The highest BCUT2D eigenvalue weighted by Crippen LogP contribution is 2.20. The van der Waals surface area contributed by atoms with E-state index in [1.165, 1.54) is 12.1 Å². The second-order valence-corrected chi connectivity index (χ2v) is 6.26. The minimum atomic E-state index is -0.347. The van der Waals surface area contributed by atoms with E-state index in [0.29, 0.717) is 18.2 Å². The number of nitrogens with one attached hydrogen (secondary N) is 2. The molecule has 0 radical (unpaired) electrons. The fraction of sp³-hybridized carbons (Fsp3) is 0.227. The van der Waals surface area contributed by atoms with Gasteiger partial charge in [-0.3, -0.25) is 4.98 Å². The topological polar surface area (TPSA) is 71.4 Å². The van der Waals surface area contributed by atoms with Gasteiger partial charge in [0.05, 0.1) is 6.54 Å². The summed E-state index contributed by atoms with van der Waals surface area (Å²) in [6.07, 6.45) is 4.32. The molecule has 3 aromatic rings. The number of benzene rings is 1. The number of aromatic nitrogens is 2. The number of guanidine groups is 1. The fourth-order valence-corrected chi connectivity index (χ4v) is 2.58. The van der Waals surface area contributed by atoms with E-state index in [4.69, 9.17) is 4.74 Å². The maximum absolute atomic E-state index is 13.2. The van der Waals surface area contributed by atoms with E-state index in [1.54, 1.807) is 30.6 Å². The first kappa shape index (κ1) is 20.3. The lowest BCUT2D eigenvalue weighted by Crippen LogP contribution is -2.38. The number of rotatable bonds is 8. The smallest absolute Gasteiger partial charge is 0.219 e. The first-order chi connectivity index (χ1) is 14.2. The van der Waals surface area contributed by atoms with Gasteiger partial charge in [-0.2, -0.15) is 0 Å². The SMILES string of the molecule is CCNC(=NCc1ccc(Oc2cccc(F)c2)nc1)NCCc1ccccn1.